The monoisotopic (exact) mass is 1160 g/mol. The Morgan fingerprint density at radius 1 is 0.595 bits per heavy atom. The molecule has 3 aliphatic heterocycles. The van der Waals surface area contributed by atoms with Crippen LogP contribution in [-0.2, 0) is 30.3 Å². The van der Waals surface area contributed by atoms with Gasteiger partial charge in [-0.3, -0.25) is 14.5 Å². The average molecular weight is 1160 g/mol. The Morgan fingerprint density at radius 3 is 1.45 bits per heavy atom. The second-order valence-corrected chi connectivity index (χ2v) is 26.7. The second kappa shape index (κ2) is 23.4. The number of ether oxygens (including phenoxy) is 2. The first-order valence-corrected chi connectivity index (χ1v) is 30.7. The van der Waals surface area contributed by atoms with Crippen LogP contribution in [0.2, 0.25) is 20.1 Å². The molecule has 3 saturated heterocycles. The van der Waals surface area contributed by atoms with Crippen molar-refractivity contribution in [3.63, 3.8) is 0 Å². The van der Waals surface area contributed by atoms with E-state index in [1.54, 1.807) is 10.8 Å². The molecule has 2 aliphatic carbocycles. The summed E-state index contributed by atoms with van der Waals surface area (Å²) in [5.74, 6) is -2.22. The van der Waals surface area contributed by atoms with Crippen molar-refractivity contribution in [2.45, 2.75) is 87.5 Å². The maximum atomic E-state index is 15.0. The molecule has 15 nitrogen and oxygen atoms in total. The van der Waals surface area contributed by atoms with E-state index in [9.17, 15) is 43.6 Å². The van der Waals surface area contributed by atoms with Crippen LogP contribution in [0.5, 0.6) is 11.5 Å². The summed E-state index contributed by atoms with van der Waals surface area (Å²) in [5, 5.41) is 1.73. The number of amides is 2. The fourth-order valence-corrected chi connectivity index (χ4v) is 13.6. The Hall–Kier alpha value is -3.83. The van der Waals surface area contributed by atoms with Crippen LogP contribution in [0.15, 0.2) is 65.6 Å². The minimum atomic E-state index is -3.95. The molecule has 0 unspecified atom stereocenters. The molecule has 74 heavy (non-hydrogen) atoms. The van der Waals surface area contributed by atoms with Crippen LogP contribution in [-0.4, -0.2) is 109 Å². The van der Waals surface area contributed by atoms with Crippen molar-refractivity contribution in [1.82, 2.24) is 23.0 Å². The number of halogens is 6. The summed E-state index contributed by atoms with van der Waals surface area (Å²) >= 11 is 24.3. The molecule has 0 spiro atoms. The highest BCUT2D eigenvalue weighted by Crippen LogP contribution is 2.47. The maximum absolute atomic E-state index is 15.0. The summed E-state index contributed by atoms with van der Waals surface area (Å²) in [6.07, 6.45) is 8.12. The quantitative estimate of drug-likeness (QED) is 0.102. The largest absolute Gasteiger partial charge is 0.493 e. The highest BCUT2D eigenvalue weighted by molar-refractivity contribution is 7.89. The summed E-state index contributed by atoms with van der Waals surface area (Å²) in [5.41, 5.74) is 1.89. The molecule has 5 fully saturated rings. The molecule has 1 atom stereocenters. The smallest absolute Gasteiger partial charge is 0.304 e. The highest BCUT2D eigenvalue weighted by atomic mass is 35.5. The third-order valence-corrected chi connectivity index (χ3v) is 18.7. The standard InChI is InChI=1S/C27H32Cl2FN3O4S.C23H25Cl2FN2O6S2/c1-17(20-11-21(28)13-22(29)12-20)32-9-5-18(6-10-32)16-37-26-15-25(30)24(14-23(26)19-3-4-19)27(34)31-38(35,36)33-7-2-8-33;1-35(30,31)27-23(29)20-11-19(15-2-3-15)22(12-21(20)26)34-13-14-4-6-28(7-5-14)36(32,33)18-9-16(24)8-17(25)10-18/h11-15,17-19H,2-10,16H2,1H3,(H,31,34);8-12,14-15H,2-7,13H2,1H3,(H,27,29)/t17-;/m0./s1. The number of nitrogens with zero attached hydrogens (tertiary/aromatic N) is 3. The molecule has 2 N–H and O–H groups in total. The molecule has 24 heteroatoms. The summed E-state index contributed by atoms with van der Waals surface area (Å²) in [7, 11) is -11.5. The van der Waals surface area contributed by atoms with E-state index in [1.807, 2.05) is 16.9 Å². The van der Waals surface area contributed by atoms with Crippen molar-refractivity contribution in [1.29, 1.82) is 0 Å². The normalized spacial score (nSPS) is 18.9. The molecule has 9 rings (SSSR count). The molecule has 2 amide bonds. The number of hydrogen-bond donors (Lipinski definition) is 2. The minimum absolute atomic E-state index is 0.0410. The third kappa shape index (κ3) is 14.4. The van der Waals surface area contributed by atoms with E-state index in [4.69, 9.17) is 55.9 Å². The average Bonchev–Trinajstić information content (AvgIpc) is 4.24. The zero-order chi connectivity index (χ0) is 53.3. The number of nitrogens with one attached hydrogen (secondary N) is 2. The van der Waals surface area contributed by atoms with Gasteiger partial charge in [-0.05, 0) is 167 Å². The SMILES string of the molecule is CS(=O)(=O)NC(=O)c1cc(C2CC2)c(OCC2CCN(S(=O)(=O)c3cc(Cl)cc(Cl)c3)CC2)cc1F.C[C@@H](c1cc(Cl)cc(Cl)c1)N1CCC(COc2cc(F)c(C(=O)NS(=O)(=O)N3CCC3)cc2C2CC2)CC1. The lowest BCUT2D eigenvalue weighted by molar-refractivity contribution is 0.0965. The van der Waals surface area contributed by atoms with Gasteiger partial charge in [0.25, 0.3) is 11.8 Å². The van der Waals surface area contributed by atoms with Crippen molar-refractivity contribution >= 4 is 88.5 Å². The Morgan fingerprint density at radius 2 is 1.03 bits per heavy atom. The molecule has 3 heterocycles. The van der Waals surface area contributed by atoms with Crippen molar-refractivity contribution < 1.29 is 53.1 Å². The van der Waals surface area contributed by atoms with Gasteiger partial charge in [0.05, 0.1) is 35.5 Å². The number of piperidine rings is 2. The Bertz CT molecular complexity index is 3070. The summed E-state index contributed by atoms with van der Waals surface area (Å²) in [4.78, 5) is 27.3. The van der Waals surface area contributed by atoms with Gasteiger partial charge >= 0.3 is 10.2 Å². The van der Waals surface area contributed by atoms with Crippen molar-refractivity contribution in [2.75, 3.05) is 58.7 Å². The number of rotatable bonds is 17. The molecular formula is C50H57Cl4F2N5O10S3. The van der Waals surface area contributed by atoms with Gasteiger partial charge in [-0.1, -0.05) is 46.4 Å². The van der Waals surface area contributed by atoms with Crippen LogP contribution in [0.4, 0.5) is 8.78 Å². The number of carbonyl (C=O) groups is 2. The van der Waals surface area contributed by atoms with E-state index in [0.29, 0.717) is 65.6 Å². The molecule has 402 valence electrons. The van der Waals surface area contributed by atoms with Crippen molar-refractivity contribution in [3.05, 3.63) is 120 Å². The minimum Gasteiger partial charge on any atom is -0.493 e. The zero-order valence-corrected chi connectivity index (χ0v) is 46.1. The van der Waals surface area contributed by atoms with Gasteiger partial charge in [0, 0.05) is 64.4 Å². The van der Waals surface area contributed by atoms with Crippen molar-refractivity contribution in [3.8, 4) is 11.5 Å². The van der Waals surface area contributed by atoms with E-state index in [1.165, 1.54) is 40.7 Å². The molecular weight excluding hydrogens is 1110 g/mol. The molecule has 4 aromatic carbocycles. The molecule has 4 aromatic rings. The fourth-order valence-electron chi connectivity index (χ4n) is 9.25. The first-order valence-electron chi connectivity index (χ1n) is 24.4. The van der Waals surface area contributed by atoms with Crippen LogP contribution in [0.25, 0.3) is 0 Å². The summed E-state index contributed by atoms with van der Waals surface area (Å²) in [6.45, 7) is 5.95. The van der Waals surface area contributed by atoms with Crippen LogP contribution in [0, 0.1) is 23.5 Å². The lowest BCUT2D eigenvalue weighted by Gasteiger charge is -2.36. The maximum Gasteiger partial charge on any atom is 0.304 e. The van der Waals surface area contributed by atoms with Crippen LogP contribution in [0.3, 0.4) is 0 Å². The Kier molecular flexibility index (Phi) is 17.8. The van der Waals surface area contributed by atoms with Gasteiger partial charge in [-0.15, -0.1) is 0 Å². The number of sulfonamides is 2. The molecule has 5 aliphatic rings. The molecule has 0 bridgehead atoms. The van der Waals surface area contributed by atoms with Crippen LogP contribution < -0.4 is 18.9 Å². The number of hydrogen-bond acceptors (Lipinski definition) is 11. The van der Waals surface area contributed by atoms with Gasteiger partial charge in [-0.2, -0.15) is 17.0 Å². The van der Waals surface area contributed by atoms with E-state index in [0.717, 1.165) is 85.8 Å². The van der Waals surface area contributed by atoms with E-state index < -0.39 is 53.7 Å². The molecule has 0 radical (unpaired) electrons. The van der Waals surface area contributed by atoms with Crippen LogP contribution in [0.1, 0.15) is 120 Å². The summed E-state index contributed by atoms with van der Waals surface area (Å²) in [6, 6.07) is 15.2. The van der Waals surface area contributed by atoms with Gasteiger partial charge in [0.1, 0.15) is 23.1 Å². The van der Waals surface area contributed by atoms with Crippen LogP contribution >= 0.6 is 46.4 Å². The lowest BCUT2D eigenvalue weighted by atomic mass is 9.95. The number of benzene rings is 4. The van der Waals surface area contributed by atoms with Gasteiger partial charge in [0.2, 0.25) is 20.0 Å². The first kappa shape index (κ1) is 56.4. The van der Waals surface area contributed by atoms with Crippen molar-refractivity contribution in [2.24, 2.45) is 11.8 Å². The topological polar surface area (TPSA) is 189 Å². The Labute approximate surface area is 451 Å². The number of likely N-dealkylation sites (tertiary alicyclic amines) is 1. The molecule has 2 saturated carbocycles. The lowest BCUT2D eigenvalue weighted by Crippen LogP contribution is -2.49. The molecule has 0 aromatic heterocycles. The second-order valence-electron chi connectivity index (χ2n) is 19.6. The first-order chi connectivity index (χ1) is 34.9. The highest BCUT2D eigenvalue weighted by Gasteiger charge is 2.35. The van der Waals surface area contributed by atoms with Gasteiger partial charge < -0.3 is 9.47 Å². The summed E-state index contributed by atoms with van der Waals surface area (Å²) < 4.78 is 121. The van der Waals surface area contributed by atoms with Gasteiger partial charge in [0.15, 0.2) is 0 Å². The fraction of sp³-hybridized carbons (Fsp3) is 0.480. The van der Waals surface area contributed by atoms with E-state index >= 15 is 0 Å². The number of carbonyl (C=O) groups excluding carboxylic acids is 2. The van der Waals surface area contributed by atoms with E-state index in [2.05, 4.69) is 11.8 Å². The third-order valence-electron chi connectivity index (χ3n) is 13.9. The van der Waals surface area contributed by atoms with Gasteiger partial charge in [-0.25, -0.2) is 35.1 Å². The predicted molar refractivity (Wildman–Crippen MR) is 280 cm³/mol. The van der Waals surface area contributed by atoms with E-state index in [-0.39, 0.29) is 69.6 Å². The Balaban J connectivity index is 0.000000197. The zero-order valence-electron chi connectivity index (χ0n) is 40.6. The predicted octanol–water partition coefficient (Wildman–Crippen LogP) is 9.72.